The van der Waals surface area contributed by atoms with Crippen LogP contribution in [0.25, 0.3) is 0 Å². The van der Waals surface area contributed by atoms with Crippen LogP contribution in [0.15, 0.2) is 26.0 Å². The monoisotopic (exact) mass is 410 g/mol. The van der Waals surface area contributed by atoms with E-state index in [1.165, 1.54) is 4.31 Å². The van der Waals surface area contributed by atoms with Gasteiger partial charge in [0.25, 0.3) is 0 Å². The fourth-order valence-corrected chi connectivity index (χ4v) is 6.39. The van der Waals surface area contributed by atoms with Gasteiger partial charge in [-0.15, -0.1) is 0 Å². The molecule has 0 unspecified atom stereocenters. The normalized spacial score (nSPS) is 19.8. The van der Waals surface area contributed by atoms with E-state index in [1.54, 1.807) is 12.1 Å². The Hall–Kier alpha value is -0.110. The average molecular weight is 412 g/mol. The van der Waals surface area contributed by atoms with Crippen molar-refractivity contribution in [3.05, 3.63) is 21.1 Å². The van der Waals surface area contributed by atoms with Crippen molar-refractivity contribution in [2.45, 2.75) is 25.2 Å². The smallest absolute Gasteiger partial charge is 0.245 e. The minimum Gasteiger partial charge on any atom is -0.399 e. The zero-order chi connectivity index (χ0) is 14.4. The molecule has 0 bridgehead atoms. The number of nitrogens with two attached hydrogens (primary N) is 1. The highest BCUT2D eigenvalue weighted by molar-refractivity contribution is 9.11. The summed E-state index contributed by atoms with van der Waals surface area (Å²) in [4.78, 5) is 0.249. The lowest BCUT2D eigenvalue weighted by Crippen LogP contribution is -2.31. The quantitative estimate of drug-likeness (QED) is 0.760. The van der Waals surface area contributed by atoms with Gasteiger partial charge < -0.3 is 5.73 Å². The second kappa shape index (κ2) is 5.02. The van der Waals surface area contributed by atoms with Crippen LogP contribution >= 0.6 is 31.9 Å². The van der Waals surface area contributed by atoms with E-state index in [2.05, 4.69) is 45.7 Å². The molecule has 0 aromatic heterocycles. The minimum atomic E-state index is -3.50. The summed E-state index contributed by atoms with van der Waals surface area (Å²) in [5.74, 6) is 0. The molecular formula is C12H16Br2N2O2S. The molecule has 2 rings (SSSR count). The van der Waals surface area contributed by atoms with Crippen molar-refractivity contribution in [1.29, 1.82) is 0 Å². The van der Waals surface area contributed by atoms with Gasteiger partial charge in [-0.25, -0.2) is 8.42 Å². The number of nitrogen functional groups attached to an aromatic ring is 1. The molecule has 4 nitrogen and oxygen atoms in total. The molecule has 7 heteroatoms. The molecular weight excluding hydrogens is 396 g/mol. The van der Waals surface area contributed by atoms with Crippen molar-refractivity contribution in [1.82, 2.24) is 4.31 Å². The molecule has 0 saturated carbocycles. The Morgan fingerprint density at radius 1 is 1.26 bits per heavy atom. The van der Waals surface area contributed by atoms with Gasteiger partial charge in [0.1, 0.15) is 4.90 Å². The Kier molecular flexibility index (Phi) is 4.04. The summed E-state index contributed by atoms with van der Waals surface area (Å²) >= 11 is 6.59. The van der Waals surface area contributed by atoms with E-state index in [0.29, 0.717) is 27.7 Å². The van der Waals surface area contributed by atoms with Crippen molar-refractivity contribution in [3.63, 3.8) is 0 Å². The van der Waals surface area contributed by atoms with Crippen molar-refractivity contribution >= 4 is 47.6 Å². The summed E-state index contributed by atoms with van der Waals surface area (Å²) in [6.07, 6.45) is 0.871. The molecule has 0 spiro atoms. The maximum absolute atomic E-state index is 12.7. The van der Waals surface area contributed by atoms with Gasteiger partial charge in [-0.3, -0.25) is 0 Å². The van der Waals surface area contributed by atoms with Crippen LogP contribution in [0.4, 0.5) is 5.69 Å². The number of sulfonamides is 1. The third-order valence-corrected chi connectivity index (χ3v) is 6.98. The summed E-state index contributed by atoms with van der Waals surface area (Å²) in [6.45, 7) is 5.25. The largest absolute Gasteiger partial charge is 0.399 e. The SMILES string of the molecule is CC1(C)CCN(S(=O)(=O)c2c(Br)cc(N)cc2Br)C1. The Balaban J connectivity index is 2.47. The third kappa shape index (κ3) is 2.99. The molecule has 0 amide bonds. The lowest BCUT2D eigenvalue weighted by atomic mass is 9.93. The van der Waals surface area contributed by atoms with Gasteiger partial charge in [0, 0.05) is 27.7 Å². The second-order valence-electron chi connectivity index (χ2n) is 5.57. The van der Waals surface area contributed by atoms with Crippen molar-refractivity contribution in [2.24, 2.45) is 5.41 Å². The molecule has 19 heavy (non-hydrogen) atoms. The molecule has 1 aliphatic heterocycles. The highest BCUT2D eigenvalue weighted by Crippen LogP contribution is 2.38. The minimum absolute atomic E-state index is 0.0276. The first-order valence-electron chi connectivity index (χ1n) is 5.88. The number of anilines is 1. The van der Waals surface area contributed by atoms with Gasteiger partial charge in [0.2, 0.25) is 10.0 Å². The number of rotatable bonds is 2. The van der Waals surface area contributed by atoms with E-state index in [1.807, 2.05) is 0 Å². The first-order chi connectivity index (χ1) is 8.63. The Labute approximate surface area is 130 Å². The maximum Gasteiger partial charge on any atom is 0.245 e. The Morgan fingerprint density at radius 2 is 1.79 bits per heavy atom. The highest BCUT2D eigenvalue weighted by Gasteiger charge is 2.38. The number of halogens is 2. The maximum atomic E-state index is 12.7. The van der Waals surface area contributed by atoms with Crippen LogP contribution in [0.1, 0.15) is 20.3 Å². The molecule has 1 aliphatic rings. The van der Waals surface area contributed by atoms with Crippen LogP contribution in [0, 0.1) is 5.41 Å². The predicted octanol–water partition coefficient (Wildman–Crippen LogP) is 3.21. The van der Waals surface area contributed by atoms with Crippen LogP contribution in [0.2, 0.25) is 0 Å². The van der Waals surface area contributed by atoms with Gasteiger partial charge in [0.15, 0.2) is 0 Å². The van der Waals surface area contributed by atoms with E-state index < -0.39 is 10.0 Å². The molecule has 0 atom stereocenters. The zero-order valence-corrected chi connectivity index (χ0v) is 14.8. The molecule has 1 fully saturated rings. The summed E-state index contributed by atoms with van der Waals surface area (Å²) in [5, 5.41) is 0. The lowest BCUT2D eigenvalue weighted by Gasteiger charge is -2.21. The molecule has 1 aromatic rings. The van der Waals surface area contributed by atoms with Crippen LogP contribution in [0.3, 0.4) is 0 Å². The van der Waals surface area contributed by atoms with E-state index in [4.69, 9.17) is 5.73 Å². The highest BCUT2D eigenvalue weighted by atomic mass is 79.9. The number of hydrogen-bond acceptors (Lipinski definition) is 3. The number of hydrogen-bond donors (Lipinski definition) is 1. The third-order valence-electron chi connectivity index (χ3n) is 3.26. The first-order valence-corrected chi connectivity index (χ1v) is 8.91. The molecule has 0 aliphatic carbocycles. The summed E-state index contributed by atoms with van der Waals surface area (Å²) in [6, 6.07) is 3.22. The second-order valence-corrected chi connectivity index (χ2v) is 9.15. The van der Waals surface area contributed by atoms with Crippen molar-refractivity contribution in [3.8, 4) is 0 Å². The van der Waals surface area contributed by atoms with Gasteiger partial charge in [-0.2, -0.15) is 4.31 Å². The van der Waals surface area contributed by atoms with Gasteiger partial charge in [-0.1, -0.05) is 13.8 Å². The van der Waals surface area contributed by atoms with Crippen LogP contribution in [-0.2, 0) is 10.0 Å². The Bertz CT molecular complexity index is 591. The molecule has 1 heterocycles. The molecule has 2 N–H and O–H groups in total. The number of benzene rings is 1. The van der Waals surface area contributed by atoms with E-state index in [0.717, 1.165) is 6.42 Å². The van der Waals surface area contributed by atoms with Crippen molar-refractivity contribution in [2.75, 3.05) is 18.8 Å². The van der Waals surface area contributed by atoms with Gasteiger partial charge in [-0.05, 0) is 55.8 Å². The van der Waals surface area contributed by atoms with Crippen LogP contribution in [0.5, 0.6) is 0 Å². The summed E-state index contributed by atoms with van der Waals surface area (Å²) in [5.41, 5.74) is 6.24. The average Bonchev–Trinajstić information content (AvgIpc) is 2.57. The molecule has 0 radical (unpaired) electrons. The Morgan fingerprint density at radius 3 is 2.21 bits per heavy atom. The summed E-state index contributed by atoms with van der Waals surface area (Å²) in [7, 11) is -3.50. The fourth-order valence-electron chi connectivity index (χ4n) is 2.22. The van der Waals surface area contributed by atoms with E-state index >= 15 is 0 Å². The lowest BCUT2D eigenvalue weighted by molar-refractivity contribution is 0.375. The first kappa shape index (κ1) is 15.3. The zero-order valence-electron chi connectivity index (χ0n) is 10.8. The predicted molar refractivity (Wildman–Crippen MR) is 83.4 cm³/mol. The van der Waals surface area contributed by atoms with Gasteiger partial charge in [0.05, 0.1) is 0 Å². The summed E-state index contributed by atoms with van der Waals surface area (Å²) < 4.78 is 27.9. The topological polar surface area (TPSA) is 63.4 Å². The van der Waals surface area contributed by atoms with Gasteiger partial charge >= 0.3 is 0 Å². The standard InChI is InChI=1S/C12H16Br2N2O2S/c1-12(2)3-4-16(7-12)19(17,18)11-9(13)5-8(15)6-10(11)14/h5-6H,3-4,7,15H2,1-2H3. The van der Waals surface area contributed by atoms with Crippen LogP contribution in [-0.4, -0.2) is 25.8 Å². The molecule has 1 aromatic carbocycles. The van der Waals surface area contributed by atoms with Crippen LogP contribution < -0.4 is 5.73 Å². The van der Waals surface area contributed by atoms with Crippen molar-refractivity contribution < 1.29 is 8.42 Å². The van der Waals surface area contributed by atoms with E-state index in [9.17, 15) is 8.42 Å². The fraction of sp³-hybridized carbons (Fsp3) is 0.500. The molecule has 106 valence electrons. The van der Waals surface area contributed by atoms with E-state index in [-0.39, 0.29) is 10.3 Å². The number of nitrogens with zero attached hydrogens (tertiary/aromatic N) is 1. The molecule has 1 saturated heterocycles.